The Morgan fingerprint density at radius 3 is 2.00 bits per heavy atom. The van der Waals surface area contributed by atoms with E-state index in [0.717, 1.165) is 25.7 Å². The molecule has 33 heavy (non-hydrogen) atoms. The average molecular weight is 481 g/mol. The summed E-state index contributed by atoms with van der Waals surface area (Å²) >= 11 is 1.47. The summed E-state index contributed by atoms with van der Waals surface area (Å²) in [6, 6.07) is -1.73. The lowest BCUT2D eigenvalue weighted by Gasteiger charge is -2.24. The van der Waals surface area contributed by atoms with E-state index in [0.29, 0.717) is 12.2 Å². The highest BCUT2D eigenvalue weighted by Crippen LogP contribution is 2.14. The molecule has 2 amide bonds. The van der Waals surface area contributed by atoms with Gasteiger partial charge in [-0.05, 0) is 59.3 Å². The first-order chi connectivity index (χ1) is 15.5. The lowest BCUT2D eigenvalue weighted by atomic mass is 9.98. The van der Waals surface area contributed by atoms with Crippen LogP contribution in [0.2, 0.25) is 0 Å². The topological polar surface area (TPSA) is 95.5 Å². The molecule has 6 nitrogen and oxygen atoms in total. The second kappa shape index (κ2) is 17.5. The number of hydrogen-bond acceptors (Lipinski definition) is 4. The van der Waals surface area contributed by atoms with Crippen LogP contribution in [0.25, 0.3) is 0 Å². The van der Waals surface area contributed by atoms with Crippen LogP contribution in [0.4, 0.5) is 0 Å². The number of carboxylic acids is 1. The van der Waals surface area contributed by atoms with Crippen LogP contribution < -0.4 is 10.6 Å². The van der Waals surface area contributed by atoms with Gasteiger partial charge in [-0.1, -0.05) is 55.2 Å². The Balaban J connectivity index is 4.58. The van der Waals surface area contributed by atoms with Gasteiger partial charge >= 0.3 is 5.97 Å². The van der Waals surface area contributed by atoms with Crippen LogP contribution in [-0.4, -0.2) is 46.5 Å². The van der Waals surface area contributed by atoms with E-state index < -0.39 is 24.0 Å². The molecule has 0 aromatic heterocycles. The fourth-order valence-corrected chi connectivity index (χ4v) is 4.08. The number of carboxylic acid groups (broad SMARTS) is 1. The summed E-state index contributed by atoms with van der Waals surface area (Å²) < 4.78 is 0. The molecule has 0 rings (SSSR count). The number of hydrogen-bond donors (Lipinski definition) is 3. The normalized spacial score (nSPS) is 14.8. The van der Waals surface area contributed by atoms with Crippen LogP contribution in [0, 0.1) is 5.92 Å². The Bertz CT molecular complexity index is 724. The smallest absolute Gasteiger partial charge is 0.327 e. The second-order valence-corrected chi connectivity index (χ2v) is 10.0. The minimum Gasteiger partial charge on any atom is -0.480 e. The standard InChI is InChI=1S/C26H44N2O4S/c1-8-21(6)24(27-22(7)29)25(30)28-23(26(31)32)17-33-16-15-20(5)14-10-13-19(4)12-9-11-18(2)3/h11,13,15,21,23-24H,8-10,12,14,16-17H2,1-7H3,(H,27,29)(H,28,30)(H,31,32)/t21-,23-,24+/m0/s1. The van der Waals surface area contributed by atoms with E-state index in [2.05, 4.69) is 56.6 Å². The van der Waals surface area contributed by atoms with E-state index in [1.165, 1.54) is 35.4 Å². The summed E-state index contributed by atoms with van der Waals surface area (Å²) in [4.78, 5) is 35.6. The molecule has 0 bridgehead atoms. The minimum absolute atomic E-state index is 0.0912. The van der Waals surface area contributed by atoms with Crippen molar-refractivity contribution in [3.8, 4) is 0 Å². The van der Waals surface area contributed by atoms with Crippen LogP contribution in [-0.2, 0) is 14.4 Å². The molecular formula is C26H44N2O4S. The Morgan fingerprint density at radius 2 is 1.48 bits per heavy atom. The van der Waals surface area contributed by atoms with E-state index in [1.54, 1.807) is 0 Å². The molecule has 3 N–H and O–H groups in total. The molecule has 0 radical (unpaired) electrons. The third kappa shape index (κ3) is 15.4. The first kappa shape index (κ1) is 31.0. The molecule has 0 unspecified atom stereocenters. The molecule has 0 saturated heterocycles. The van der Waals surface area contributed by atoms with E-state index in [9.17, 15) is 19.5 Å². The number of nitrogens with one attached hydrogen (secondary N) is 2. The van der Waals surface area contributed by atoms with Gasteiger partial charge in [-0.2, -0.15) is 11.8 Å². The molecular weight excluding hydrogens is 436 g/mol. The van der Waals surface area contributed by atoms with Crippen molar-refractivity contribution < 1.29 is 19.5 Å². The third-order valence-electron chi connectivity index (χ3n) is 5.43. The van der Waals surface area contributed by atoms with Gasteiger partial charge in [0.15, 0.2) is 0 Å². The molecule has 0 aromatic carbocycles. The highest BCUT2D eigenvalue weighted by molar-refractivity contribution is 7.99. The Labute approximate surface area is 204 Å². The number of carbonyl (C=O) groups is 3. The SMILES string of the molecule is CC[C@H](C)[C@@H](NC(C)=O)C(=O)N[C@@H](CSCC=C(C)CCC=C(C)CCC=C(C)C)C(=O)O. The summed E-state index contributed by atoms with van der Waals surface area (Å²) in [5, 5.41) is 14.7. The van der Waals surface area contributed by atoms with Crippen molar-refractivity contribution in [3.05, 3.63) is 34.9 Å². The number of carbonyl (C=O) groups excluding carboxylic acids is 2. The summed E-state index contributed by atoms with van der Waals surface area (Å²) in [6.45, 7) is 13.6. The zero-order valence-corrected chi connectivity index (χ0v) is 22.3. The van der Waals surface area contributed by atoms with Crippen LogP contribution in [0.3, 0.4) is 0 Å². The molecule has 0 aliphatic rings. The first-order valence-electron chi connectivity index (χ1n) is 11.8. The molecule has 0 aliphatic heterocycles. The van der Waals surface area contributed by atoms with Crippen molar-refractivity contribution in [1.82, 2.24) is 10.6 Å². The van der Waals surface area contributed by atoms with Crippen LogP contribution in [0.1, 0.15) is 80.6 Å². The van der Waals surface area contributed by atoms with Gasteiger partial charge in [-0.25, -0.2) is 4.79 Å². The molecule has 0 heterocycles. The Morgan fingerprint density at radius 1 is 0.909 bits per heavy atom. The lowest BCUT2D eigenvalue weighted by molar-refractivity contribution is -0.141. The van der Waals surface area contributed by atoms with Crippen molar-refractivity contribution in [2.24, 2.45) is 5.92 Å². The Hall–Kier alpha value is -2.02. The van der Waals surface area contributed by atoms with Crippen molar-refractivity contribution in [1.29, 1.82) is 0 Å². The van der Waals surface area contributed by atoms with Gasteiger partial charge in [0.05, 0.1) is 0 Å². The van der Waals surface area contributed by atoms with E-state index in [4.69, 9.17) is 0 Å². The van der Waals surface area contributed by atoms with Crippen molar-refractivity contribution >= 4 is 29.5 Å². The number of allylic oxidation sites excluding steroid dienone is 5. The summed E-state index contributed by atoms with van der Waals surface area (Å²) in [5.74, 6) is -0.972. The zero-order valence-electron chi connectivity index (χ0n) is 21.5. The van der Waals surface area contributed by atoms with Gasteiger partial charge in [-0.15, -0.1) is 0 Å². The molecule has 188 valence electrons. The van der Waals surface area contributed by atoms with Gasteiger partial charge in [0, 0.05) is 18.4 Å². The predicted molar refractivity (Wildman–Crippen MR) is 139 cm³/mol. The van der Waals surface area contributed by atoms with E-state index in [-0.39, 0.29) is 17.6 Å². The van der Waals surface area contributed by atoms with Crippen LogP contribution in [0.15, 0.2) is 34.9 Å². The largest absolute Gasteiger partial charge is 0.480 e. The van der Waals surface area contributed by atoms with Crippen LogP contribution in [0.5, 0.6) is 0 Å². The van der Waals surface area contributed by atoms with Crippen LogP contribution >= 0.6 is 11.8 Å². The highest BCUT2D eigenvalue weighted by atomic mass is 32.2. The molecule has 7 heteroatoms. The molecule has 0 aromatic rings. The quantitative estimate of drug-likeness (QED) is 0.207. The maximum absolute atomic E-state index is 12.6. The number of thioether (sulfide) groups is 1. The summed E-state index contributed by atoms with van der Waals surface area (Å²) in [6.07, 6.45) is 11.5. The second-order valence-electron chi connectivity index (χ2n) is 8.96. The van der Waals surface area contributed by atoms with Gasteiger partial charge in [0.25, 0.3) is 0 Å². The minimum atomic E-state index is -1.07. The molecule has 0 fully saturated rings. The summed E-state index contributed by atoms with van der Waals surface area (Å²) in [5.41, 5.74) is 4.03. The van der Waals surface area contributed by atoms with Gasteiger partial charge in [0.2, 0.25) is 11.8 Å². The molecule has 3 atom stereocenters. The van der Waals surface area contributed by atoms with Crippen molar-refractivity contribution in [2.75, 3.05) is 11.5 Å². The monoisotopic (exact) mass is 480 g/mol. The zero-order chi connectivity index (χ0) is 25.4. The average Bonchev–Trinajstić information content (AvgIpc) is 2.72. The van der Waals surface area contributed by atoms with Gasteiger partial charge < -0.3 is 15.7 Å². The maximum atomic E-state index is 12.6. The number of rotatable bonds is 16. The summed E-state index contributed by atoms with van der Waals surface area (Å²) in [7, 11) is 0. The van der Waals surface area contributed by atoms with Gasteiger partial charge in [0.1, 0.15) is 12.1 Å². The first-order valence-corrected chi connectivity index (χ1v) is 13.0. The number of amides is 2. The van der Waals surface area contributed by atoms with E-state index >= 15 is 0 Å². The van der Waals surface area contributed by atoms with Crippen molar-refractivity contribution in [3.63, 3.8) is 0 Å². The highest BCUT2D eigenvalue weighted by Gasteiger charge is 2.28. The molecule has 0 aliphatic carbocycles. The maximum Gasteiger partial charge on any atom is 0.327 e. The molecule has 0 spiro atoms. The number of aliphatic carboxylic acids is 1. The predicted octanol–water partition coefficient (Wildman–Crippen LogP) is 5.26. The molecule has 0 saturated carbocycles. The Kier molecular flexibility index (Phi) is 16.4. The van der Waals surface area contributed by atoms with E-state index in [1.807, 2.05) is 13.8 Å². The fraction of sp³-hybridized carbons (Fsp3) is 0.654. The third-order valence-corrected chi connectivity index (χ3v) is 6.40. The van der Waals surface area contributed by atoms with Crippen molar-refractivity contribution in [2.45, 2.75) is 92.7 Å². The van der Waals surface area contributed by atoms with Gasteiger partial charge in [-0.3, -0.25) is 9.59 Å². The lowest BCUT2D eigenvalue weighted by Crippen LogP contribution is -2.54. The fourth-order valence-electron chi connectivity index (χ4n) is 3.08.